The van der Waals surface area contributed by atoms with Gasteiger partial charge in [-0.05, 0) is 85.0 Å². The Bertz CT molecular complexity index is 1380. The van der Waals surface area contributed by atoms with Crippen molar-refractivity contribution in [2.45, 2.75) is 31.9 Å². The van der Waals surface area contributed by atoms with Gasteiger partial charge in [-0.1, -0.05) is 6.07 Å². The number of fused-ring (bicyclic) bond motifs is 1. The molecule has 4 N–H and O–H groups in total. The number of carbonyl (C=O) groups excluding carboxylic acids is 1. The van der Waals surface area contributed by atoms with E-state index in [2.05, 4.69) is 15.7 Å². The smallest absolute Gasteiger partial charge is 0.251 e. The first-order chi connectivity index (χ1) is 16.9. The molecular weight excluding hydrogens is 447 g/mol. The van der Waals surface area contributed by atoms with E-state index in [1.165, 1.54) is 6.07 Å². The van der Waals surface area contributed by atoms with Crippen LogP contribution in [-0.4, -0.2) is 51.2 Å². The van der Waals surface area contributed by atoms with E-state index >= 15 is 0 Å². The summed E-state index contributed by atoms with van der Waals surface area (Å²) in [6.07, 6.45) is 2.89. The lowest BCUT2D eigenvalue weighted by Gasteiger charge is -2.12. The predicted octanol–water partition coefficient (Wildman–Crippen LogP) is 3.80. The fourth-order valence-electron chi connectivity index (χ4n) is 4.03. The molecule has 4 aromatic rings. The molecule has 0 radical (unpaired) electrons. The average Bonchev–Trinajstić information content (AvgIpc) is 3.59. The molecule has 0 bridgehead atoms. The molecule has 1 saturated carbocycles. The van der Waals surface area contributed by atoms with Crippen LogP contribution in [0.1, 0.15) is 28.8 Å². The molecule has 1 amide bonds. The number of aliphatic hydroxyl groups excluding tert-OH is 2. The molecule has 3 aromatic carbocycles. The zero-order valence-corrected chi connectivity index (χ0v) is 19.3. The molecule has 5 rings (SSSR count). The zero-order chi connectivity index (χ0) is 24.5. The lowest BCUT2D eigenvalue weighted by atomic mass is 9.96. The van der Waals surface area contributed by atoms with Gasteiger partial charge in [0.25, 0.3) is 5.91 Å². The van der Waals surface area contributed by atoms with Gasteiger partial charge >= 0.3 is 0 Å². The molecule has 1 aliphatic rings. The van der Waals surface area contributed by atoms with E-state index in [1.807, 2.05) is 47.1 Å². The topological polar surface area (TPSA) is 99.4 Å². The molecule has 7 nitrogen and oxygen atoms in total. The van der Waals surface area contributed by atoms with Crippen molar-refractivity contribution in [3.05, 3.63) is 77.7 Å². The first-order valence-electron chi connectivity index (χ1n) is 11.7. The monoisotopic (exact) mass is 474 g/mol. The number of hydrogen-bond acceptors (Lipinski definition) is 5. The molecule has 8 heteroatoms. The molecular formula is C27H27FN4O3. The molecule has 1 unspecified atom stereocenters. The minimum Gasteiger partial charge on any atom is -0.394 e. The van der Waals surface area contributed by atoms with Gasteiger partial charge in [-0.2, -0.15) is 5.10 Å². The van der Waals surface area contributed by atoms with Crippen LogP contribution in [0.5, 0.6) is 0 Å². The molecule has 180 valence electrons. The van der Waals surface area contributed by atoms with Crippen LogP contribution in [0.4, 0.5) is 10.1 Å². The molecule has 1 fully saturated rings. The predicted molar refractivity (Wildman–Crippen MR) is 133 cm³/mol. The molecule has 1 aromatic heterocycles. The lowest BCUT2D eigenvalue weighted by Crippen LogP contribution is -2.25. The lowest BCUT2D eigenvalue weighted by molar-refractivity contribution is 0.0950. The molecule has 0 aliphatic heterocycles. The Labute approximate surface area is 202 Å². The number of anilines is 1. The number of hydrogen-bond donors (Lipinski definition) is 4. The van der Waals surface area contributed by atoms with Crippen LogP contribution in [0, 0.1) is 12.7 Å². The Morgan fingerprint density at radius 1 is 1.17 bits per heavy atom. The van der Waals surface area contributed by atoms with Crippen molar-refractivity contribution in [2.75, 3.05) is 18.5 Å². The van der Waals surface area contributed by atoms with Crippen LogP contribution in [0.3, 0.4) is 0 Å². The Kier molecular flexibility index (Phi) is 6.23. The van der Waals surface area contributed by atoms with Gasteiger partial charge in [0.2, 0.25) is 0 Å². The van der Waals surface area contributed by atoms with E-state index in [4.69, 9.17) is 5.11 Å². The van der Waals surface area contributed by atoms with Crippen LogP contribution in [-0.2, 0) is 0 Å². The van der Waals surface area contributed by atoms with Crippen molar-refractivity contribution < 1.29 is 19.4 Å². The highest BCUT2D eigenvalue weighted by Gasteiger charge is 2.24. The summed E-state index contributed by atoms with van der Waals surface area (Å²) in [4.78, 5) is 12.5. The highest BCUT2D eigenvalue weighted by Crippen LogP contribution is 2.31. The quantitative estimate of drug-likeness (QED) is 0.311. The highest BCUT2D eigenvalue weighted by atomic mass is 19.1. The summed E-state index contributed by atoms with van der Waals surface area (Å²) in [5.41, 5.74) is 4.90. The van der Waals surface area contributed by atoms with Crippen molar-refractivity contribution in [3.8, 4) is 16.8 Å². The van der Waals surface area contributed by atoms with Crippen molar-refractivity contribution in [2.24, 2.45) is 0 Å². The Hall–Kier alpha value is -3.75. The van der Waals surface area contributed by atoms with Gasteiger partial charge in [-0.3, -0.25) is 4.79 Å². The Balaban J connectivity index is 1.42. The average molecular weight is 475 g/mol. The van der Waals surface area contributed by atoms with E-state index in [0.717, 1.165) is 40.7 Å². The summed E-state index contributed by atoms with van der Waals surface area (Å²) in [5, 5.41) is 29.8. The Morgan fingerprint density at radius 3 is 2.66 bits per heavy atom. The SMILES string of the molecule is Cc1c(F)cc(C(=O)NC2CC2)cc1-c1ccc2c(cnn2-c2ccc(NCC(O)CO)cc2)c1. The summed E-state index contributed by atoms with van der Waals surface area (Å²) >= 11 is 0. The second kappa shape index (κ2) is 9.48. The van der Waals surface area contributed by atoms with Crippen LogP contribution in [0.25, 0.3) is 27.7 Å². The third kappa shape index (κ3) is 4.89. The van der Waals surface area contributed by atoms with E-state index in [0.29, 0.717) is 16.7 Å². The van der Waals surface area contributed by atoms with E-state index in [-0.39, 0.29) is 25.1 Å². The van der Waals surface area contributed by atoms with E-state index in [1.54, 1.807) is 19.2 Å². The number of nitrogens with one attached hydrogen (secondary N) is 2. The molecule has 0 spiro atoms. The second-order valence-electron chi connectivity index (χ2n) is 8.97. The number of halogens is 1. The standard InChI is InChI=1S/C27H27FN4O3/c1-16-24(11-18(12-25(16)28)27(35)31-21-3-4-21)17-2-9-26-19(10-17)13-30-32(26)22-7-5-20(6-8-22)29-14-23(34)15-33/h2,5-13,21,23,29,33-34H,3-4,14-15H2,1H3,(H,31,35). The van der Waals surface area contributed by atoms with E-state index < -0.39 is 11.9 Å². The van der Waals surface area contributed by atoms with Gasteiger partial charge in [-0.15, -0.1) is 0 Å². The highest BCUT2D eigenvalue weighted by molar-refractivity contribution is 5.96. The fraction of sp³-hybridized carbons (Fsp3) is 0.259. The molecule has 1 heterocycles. The van der Waals surface area contributed by atoms with Crippen LogP contribution in [0.15, 0.2) is 60.8 Å². The van der Waals surface area contributed by atoms with Gasteiger partial charge in [0.1, 0.15) is 5.82 Å². The Morgan fingerprint density at radius 2 is 1.94 bits per heavy atom. The van der Waals surface area contributed by atoms with Crippen molar-refractivity contribution in [3.63, 3.8) is 0 Å². The van der Waals surface area contributed by atoms with Crippen molar-refractivity contribution >= 4 is 22.5 Å². The number of rotatable bonds is 8. The number of aliphatic hydroxyl groups is 2. The van der Waals surface area contributed by atoms with Crippen LogP contribution >= 0.6 is 0 Å². The maximum atomic E-state index is 14.7. The van der Waals surface area contributed by atoms with Gasteiger partial charge in [0.15, 0.2) is 0 Å². The zero-order valence-electron chi connectivity index (χ0n) is 19.3. The van der Waals surface area contributed by atoms with Gasteiger partial charge < -0.3 is 20.8 Å². The summed E-state index contributed by atoms with van der Waals surface area (Å²) in [5.74, 6) is -0.648. The maximum Gasteiger partial charge on any atom is 0.251 e. The minimum absolute atomic E-state index is 0.203. The molecule has 35 heavy (non-hydrogen) atoms. The van der Waals surface area contributed by atoms with E-state index in [9.17, 15) is 14.3 Å². The first kappa shape index (κ1) is 23.0. The van der Waals surface area contributed by atoms with Crippen LogP contribution < -0.4 is 10.6 Å². The number of nitrogens with zero attached hydrogens (tertiary/aromatic N) is 2. The van der Waals surface area contributed by atoms with Gasteiger partial charge in [0.05, 0.1) is 30.1 Å². The largest absolute Gasteiger partial charge is 0.394 e. The van der Waals surface area contributed by atoms with Crippen LogP contribution in [0.2, 0.25) is 0 Å². The maximum absolute atomic E-state index is 14.7. The third-order valence-electron chi connectivity index (χ3n) is 6.26. The van der Waals surface area contributed by atoms with Gasteiger partial charge in [0, 0.05) is 29.2 Å². The van der Waals surface area contributed by atoms with Crippen molar-refractivity contribution in [1.29, 1.82) is 0 Å². The number of carbonyl (C=O) groups is 1. The summed E-state index contributed by atoms with van der Waals surface area (Å²) < 4.78 is 16.5. The molecule has 0 saturated heterocycles. The second-order valence-corrected chi connectivity index (χ2v) is 8.97. The molecule has 1 atom stereocenters. The normalized spacial score (nSPS) is 14.2. The molecule has 1 aliphatic carbocycles. The number of amides is 1. The number of aromatic nitrogens is 2. The summed E-state index contributed by atoms with van der Waals surface area (Å²) in [6.45, 7) is 1.68. The van der Waals surface area contributed by atoms with Crippen molar-refractivity contribution in [1.82, 2.24) is 15.1 Å². The summed E-state index contributed by atoms with van der Waals surface area (Å²) in [6, 6.07) is 16.6. The third-order valence-corrected chi connectivity index (χ3v) is 6.26. The minimum atomic E-state index is -0.815. The fourth-order valence-corrected chi connectivity index (χ4v) is 4.03. The summed E-state index contributed by atoms with van der Waals surface area (Å²) in [7, 11) is 0. The van der Waals surface area contributed by atoms with Gasteiger partial charge in [-0.25, -0.2) is 9.07 Å². The number of benzene rings is 3. The first-order valence-corrected chi connectivity index (χ1v) is 11.7.